The number of hydrogen-bond acceptors (Lipinski definition) is 6. The van der Waals surface area contributed by atoms with Gasteiger partial charge in [0.25, 0.3) is 0 Å². The van der Waals surface area contributed by atoms with Crippen LogP contribution in [-0.2, 0) is 11.3 Å². The van der Waals surface area contributed by atoms with Crippen LogP contribution in [0.4, 0.5) is 10.5 Å². The van der Waals surface area contributed by atoms with Crippen LogP contribution in [0, 0.1) is 5.92 Å². The summed E-state index contributed by atoms with van der Waals surface area (Å²) in [5, 5.41) is 5.05. The fourth-order valence-electron chi connectivity index (χ4n) is 3.84. The number of carbonyl (C=O) groups is 2. The molecule has 2 unspecified atom stereocenters. The van der Waals surface area contributed by atoms with Crippen molar-refractivity contribution >= 4 is 17.6 Å². The lowest BCUT2D eigenvalue weighted by molar-refractivity contribution is -0.121. The van der Waals surface area contributed by atoms with Gasteiger partial charge in [-0.15, -0.1) is 0 Å². The number of hydrogen-bond donors (Lipinski definition) is 2. The summed E-state index contributed by atoms with van der Waals surface area (Å²) in [5.41, 5.74) is 0.529. The van der Waals surface area contributed by atoms with Gasteiger partial charge in [0.2, 0.25) is 12.7 Å². The van der Waals surface area contributed by atoms with Crippen LogP contribution < -0.4 is 20.1 Å². The van der Waals surface area contributed by atoms with E-state index >= 15 is 0 Å². The molecule has 3 amide bonds. The standard InChI is InChI=1S/C22H25N3O5/c1-13-8-17(13)18-7-5-16(30-18)10-25(15-3-4-15)11-21(26)24-22(27)23-14-2-6-19-20(9-14)29-12-28-19/h2,5-7,9,13,15,17H,3-4,8,10-12H2,1H3,(H2,23,24,26,27). The van der Waals surface area contributed by atoms with Gasteiger partial charge >= 0.3 is 6.03 Å². The second-order valence-corrected chi connectivity index (χ2v) is 8.33. The molecule has 1 aromatic heterocycles. The normalized spacial score (nSPS) is 21.5. The smallest absolute Gasteiger partial charge is 0.325 e. The highest BCUT2D eigenvalue weighted by atomic mass is 16.7. The second-order valence-electron chi connectivity index (χ2n) is 8.33. The van der Waals surface area contributed by atoms with E-state index in [1.165, 1.54) is 6.42 Å². The number of fused-ring (bicyclic) bond motifs is 1. The molecule has 0 saturated heterocycles. The third kappa shape index (κ3) is 4.28. The largest absolute Gasteiger partial charge is 0.464 e. The van der Waals surface area contributed by atoms with Crippen molar-refractivity contribution in [1.29, 1.82) is 0 Å². The summed E-state index contributed by atoms with van der Waals surface area (Å²) >= 11 is 0. The SMILES string of the molecule is CC1CC1c1ccc(CN(CC(=O)NC(=O)Nc2ccc3c(c2)OCO3)C2CC2)o1. The van der Waals surface area contributed by atoms with E-state index in [-0.39, 0.29) is 19.2 Å². The number of rotatable bonds is 7. The van der Waals surface area contributed by atoms with Crippen LogP contribution in [0.2, 0.25) is 0 Å². The van der Waals surface area contributed by atoms with Crippen molar-refractivity contribution in [2.24, 2.45) is 5.92 Å². The highest BCUT2D eigenvalue weighted by molar-refractivity contribution is 6.01. The lowest BCUT2D eigenvalue weighted by atomic mass is 10.3. The molecule has 8 nitrogen and oxygen atoms in total. The number of ether oxygens (including phenoxy) is 2. The summed E-state index contributed by atoms with van der Waals surface area (Å²) < 4.78 is 16.5. The number of imide groups is 1. The van der Waals surface area contributed by atoms with E-state index in [1.54, 1.807) is 18.2 Å². The minimum absolute atomic E-state index is 0.148. The highest BCUT2D eigenvalue weighted by Crippen LogP contribution is 2.47. The average Bonchev–Trinajstić information content (AvgIpc) is 3.58. The topological polar surface area (TPSA) is 93.0 Å². The zero-order valence-electron chi connectivity index (χ0n) is 16.8. The Labute approximate surface area is 174 Å². The Morgan fingerprint density at radius 1 is 1.13 bits per heavy atom. The van der Waals surface area contributed by atoms with Crippen molar-refractivity contribution in [2.75, 3.05) is 18.7 Å². The highest BCUT2D eigenvalue weighted by Gasteiger charge is 2.37. The van der Waals surface area contributed by atoms with E-state index in [0.29, 0.717) is 41.6 Å². The molecule has 2 fully saturated rings. The first-order chi connectivity index (χ1) is 14.5. The molecule has 0 radical (unpaired) electrons. The second kappa shape index (κ2) is 7.68. The van der Waals surface area contributed by atoms with Crippen LogP contribution in [0.15, 0.2) is 34.7 Å². The number of nitrogens with one attached hydrogen (secondary N) is 2. The van der Waals surface area contributed by atoms with Crippen molar-refractivity contribution in [3.8, 4) is 11.5 Å². The van der Waals surface area contributed by atoms with E-state index in [9.17, 15) is 9.59 Å². The van der Waals surface area contributed by atoms with Crippen molar-refractivity contribution in [3.63, 3.8) is 0 Å². The van der Waals surface area contributed by atoms with Gasteiger partial charge in [0.05, 0.1) is 13.1 Å². The van der Waals surface area contributed by atoms with Gasteiger partial charge in [-0.2, -0.15) is 0 Å². The molecule has 2 N–H and O–H groups in total. The fourth-order valence-corrected chi connectivity index (χ4v) is 3.84. The first-order valence-corrected chi connectivity index (χ1v) is 10.4. The molecule has 3 aliphatic rings. The van der Waals surface area contributed by atoms with Crippen molar-refractivity contribution in [3.05, 3.63) is 41.9 Å². The van der Waals surface area contributed by atoms with Crippen LogP contribution in [0.5, 0.6) is 11.5 Å². The van der Waals surface area contributed by atoms with E-state index in [2.05, 4.69) is 22.5 Å². The van der Waals surface area contributed by atoms with Gasteiger partial charge in [0, 0.05) is 23.7 Å². The minimum atomic E-state index is -0.572. The number of furan rings is 1. The van der Waals surface area contributed by atoms with Gasteiger partial charge in [0.15, 0.2) is 11.5 Å². The summed E-state index contributed by atoms with van der Waals surface area (Å²) in [6.45, 7) is 3.11. The monoisotopic (exact) mass is 411 g/mol. The van der Waals surface area contributed by atoms with E-state index in [1.807, 2.05) is 12.1 Å². The Morgan fingerprint density at radius 3 is 2.70 bits per heavy atom. The molecule has 1 aliphatic heterocycles. The Balaban J connectivity index is 1.14. The molecule has 158 valence electrons. The maximum atomic E-state index is 12.4. The number of urea groups is 1. The lowest BCUT2D eigenvalue weighted by Gasteiger charge is -2.20. The molecule has 30 heavy (non-hydrogen) atoms. The maximum absolute atomic E-state index is 12.4. The summed E-state index contributed by atoms with van der Waals surface area (Å²) in [7, 11) is 0. The van der Waals surface area contributed by atoms with Gasteiger partial charge < -0.3 is 19.2 Å². The third-order valence-corrected chi connectivity index (χ3v) is 5.81. The number of anilines is 1. The molecule has 2 aromatic rings. The van der Waals surface area contributed by atoms with Gasteiger partial charge in [-0.3, -0.25) is 15.0 Å². The molecule has 2 saturated carbocycles. The van der Waals surface area contributed by atoms with Crippen molar-refractivity contribution < 1.29 is 23.5 Å². The van der Waals surface area contributed by atoms with Crippen molar-refractivity contribution in [2.45, 2.75) is 44.7 Å². The minimum Gasteiger partial charge on any atom is -0.464 e. The zero-order valence-corrected chi connectivity index (χ0v) is 16.8. The number of carbonyl (C=O) groups excluding carboxylic acids is 2. The summed E-state index contributed by atoms with van der Waals surface area (Å²) in [4.78, 5) is 26.7. The quantitative estimate of drug-likeness (QED) is 0.725. The molecule has 8 heteroatoms. The fraction of sp³-hybridized carbons (Fsp3) is 0.455. The number of nitrogens with zero attached hydrogens (tertiary/aromatic N) is 1. The zero-order chi connectivity index (χ0) is 20.7. The average molecular weight is 411 g/mol. The van der Waals surface area contributed by atoms with Crippen LogP contribution in [0.3, 0.4) is 0 Å². The summed E-state index contributed by atoms with van der Waals surface area (Å²) in [5.74, 6) is 4.00. The number of amides is 3. The molecule has 1 aromatic carbocycles. The number of benzene rings is 1. The van der Waals surface area contributed by atoms with Gasteiger partial charge in [-0.05, 0) is 49.4 Å². The molecule has 2 heterocycles. The first kappa shape index (κ1) is 19.0. The summed E-state index contributed by atoms with van der Waals surface area (Å²) in [6, 6.07) is 8.92. The van der Waals surface area contributed by atoms with Gasteiger partial charge in [-0.1, -0.05) is 6.92 Å². The van der Waals surface area contributed by atoms with Crippen LogP contribution in [-0.4, -0.2) is 36.2 Å². The molecule has 0 bridgehead atoms. The predicted molar refractivity (Wildman–Crippen MR) is 108 cm³/mol. The van der Waals surface area contributed by atoms with Crippen LogP contribution in [0.25, 0.3) is 0 Å². The third-order valence-electron chi connectivity index (χ3n) is 5.81. The predicted octanol–water partition coefficient (Wildman–Crippen LogP) is 3.44. The van der Waals surface area contributed by atoms with Crippen LogP contribution >= 0.6 is 0 Å². The molecule has 5 rings (SSSR count). The van der Waals surface area contributed by atoms with Crippen LogP contribution in [0.1, 0.15) is 43.6 Å². The molecule has 2 atom stereocenters. The van der Waals surface area contributed by atoms with Gasteiger partial charge in [0.1, 0.15) is 11.5 Å². The molecular weight excluding hydrogens is 386 g/mol. The Morgan fingerprint density at radius 2 is 1.93 bits per heavy atom. The molecule has 0 spiro atoms. The molecular formula is C22H25N3O5. The Hall–Kier alpha value is -3.00. The Kier molecular flexibility index (Phi) is 4.86. The van der Waals surface area contributed by atoms with Crippen molar-refractivity contribution in [1.82, 2.24) is 10.2 Å². The van der Waals surface area contributed by atoms with E-state index in [4.69, 9.17) is 13.9 Å². The summed E-state index contributed by atoms with van der Waals surface area (Å²) in [6.07, 6.45) is 3.30. The maximum Gasteiger partial charge on any atom is 0.325 e. The lowest BCUT2D eigenvalue weighted by Crippen LogP contribution is -2.42. The van der Waals surface area contributed by atoms with Gasteiger partial charge in [-0.25, -0.2) is 4.79 Å². The van der Waals surface area contributed by atoms with E-state index in [0.717, 1.165) is 24.4 Å². The first-order valence-electron chi connectivity index (χ1n) is 10.4. The van der Waals surface area contributed by atoms with E-state index < -0.39 is 6.03 Å². The molecule has 2 aliphatic carbocycles. The Bertz CT molecular complexity index is 967.